The first-order valence-electron chi connectivity index (χ1n) is 6.08. The second-order valence-electron chi connectivity index (χ2n) is 4.48. The molecule has 0 aliphatic carbocycles. The van der Waals surface area contributed by atoms with E-state index in [4.69, 9.17) is 18.0 Å². The average Bonchev–Trinajstić information content (AvgIpc) is 2.84. The van der Waals surface area contributed by atoms with Gasteiger partial charge < -0.3 is 5.73 Å². The summed E-state index contributed by atoms with van der Waals surface area (Å²) in [7, 11) is -2.13. The maximum Gasteiger partial charge on any atom is 0.243 e. The molecular weight excluding hydrogens is 326 g/mol. The van der Waals surface area contributed by atoms with Crippen LogP contribution in [0.4, 0.5) is 0 Å². The van der Waals surface area contributed by atoms with E-state index in [1.165, 1.54) is 28.8 Å². The van der Waals surface area contributed by atoms with Gasteiger partial charge in [-0.25, -0.2) is 13.4 Å². The minimum absolute atomic E-state index is 0.0662. The van der Waals surface area contributed by atoms with E-state index in [9.17, 15) is 8.42 Å². The number of rotatable bonds is 5. The standard InChI is InChI=1S/C13H15N3O2S3/c1-9-11(20-8-15-9)7-16(2)21(17,18)12-6-4-3-5-10(12)13(14)19/h3-6,8H,7H2,1-2H3,(H2,14,19). The highest BCUT2D eigenvalue weighted by Gasteiger charge is 2.25. The van der Waals surface area contributed by atoms with E-state index < -0.39 is 10.0 Å². The summed E-state index contributed by atoms with van der Waals surface area (Å²) >= 11 is 6.36. The zero-order valence-electron chi connectivity index (χ0n) is 11.6. The van der Waals surface area contributed by atoms with E-state index in [0.29, 0.717) is 5.56 Å². The van der Waals surface area contributed by atoms with Crippen LogP contribution < -0.4 is 5.73 Å². The summed E-state index contributed by atoms with van der Waals surface area (Å²) in [6, 6.07) is 6.49. The highest BCUT2D eigenvalue weighted by molar-refractivity contribution is 7.89. The number of hydrogen-bond acceptors (Lipinski definition) is 5. The summed E-state index contributed by atoms with van der Waals surface area (Å²) in [5.41, 5.74) is 8.51. The van der Waals surface area contributed by atoms with Gasteiger partial charge in [-0.2, -0.15) is 4.31 Å². The fraction of sp³-hybridized carbons (Fsp3) is 0.231. The molecule has 0 fully saturated rings. The van der Waals surface area contributed by atoms with Crippen molar-refractivity contribution in [3.63, 3.8) is 0 Å². The Labute approximate surface area is 133 Å². The van der Waals surface area contributed by atoms with Gasteiger partial charge in [-0.05, 0) is 13.0 Å². The van der Waals surface area contributed by atoms with Crippen LogP contribution in [0.5, 0.6) is 0 Å². The highest BCUT2D eigenvalue weighted by atomic mass is 32.2. The first-order valence-corrected chi connectivity index (χ1v) is 8.81. The van der Waals surface area contributed by atoms with E-state index >= 15 is 0 Å². The van der Waals surface area contributed by atoms with Crippen molar-refractivity contribution in [1.82, 2.24) is 9.29 Å². The van der Waals surface area contributed by atoms with Crippen molar-refractivity contribution < 1.29 is 8.42 Å². The van der Waals surface area contributed by atoms with Crippen molar-refractivity contribution in [3.8, 4) is 0 Å². The van der Waals surface area contributed by atoms with Gasteiger partial charge in [0.2, 0.25) is 10.0 Å². The third kappa shape index (κ3) is 3.29. The van der Waals surface area contributed by atoms with Crippen LogP contribution in [0, 0.1) is 6.92 Å². The molecule has 2 rings (SSSR count). The molecule has 0 aliphatic heterocycles. The minimum Gasteiger partial charge on any atom is -0.389 e. The third-order valence-corrected chi connectivity index (χ3v) is 6.05. The van der Waals surface area contributed by atoms with Gasteiger partial charge in [0.25, 0.3) is 0 Å². The molecule has 0 spiro atoms. The Kier molecular flexibility index (Phi) is 4.72. The van der Waals surface area contributed by atoms with E-state index in [1.807, 2.05) is 6.92 Å². The van der Waals surface area contributed by atoms with Crippen LogP contribution in [-0.2, 0) is 16.6 Å². The summed E-state index contributed by atoms with van der Waals surface area (Å²) in [4.78, 5) is 5.23. The Morgan fingerprint density at radius 3 is 2.67 bits per heavy atom. The molecule has 0 amide bonds. The predicted molar refractivity (Wildman–Crippen MR) is 87.8 cm³/mol. The fourth-order valence-corrected chi connectivity index (χ4v) is 4.32. The molecule has 0 saturated heterocycles. The predicted octanol–water partition coefficient (Wildman–Crippen LogP) is 1.91. The normalized spacial score (nSPS) is 11.8. The Morgan fingerprint density at radius 1 is 1.43 bits per heavy atom. The Morgan fingerprint density at radius 2 is 2.10 bits per heavy atom. The lowest BCUT2D eigenvalue weighted by Crippen LogP contribution is -2.28. The van der Waals surface area contributed by atoms with Crippen molar-refractivity contribution in [2.75, 3.05) is 7.05 Å². The molecule has 8 heteroatoms. The Bertz CT molecular complexity index is 768. The lowest BCUT2D eigenvalue weighted by atomic mass is 10.2. The Balaban J connectivity index is 2.38. The molecule has 0 bridgehead atoms. The van der Waals surface area contributed by atoms with Crippen LogP contribution in [0.15, 0.2) is 34.7 Å². The van der Waals surface area contributed by atoms with Crippen LogP contribution in [0.3, 0.4) is 0 Å². The van der Waals surface area contributed by atoms with Crippen molar-refractivity contribution >= 4 is 38.6 Å². The van der Waals surface area contributed by atoms with E-state index in [0.717, 1.165) is 10.6 Å². The number of aryl methyl sites for hydroxylation is 1. The van der Waals surface area contributed by atoms with E-state index in [2.05, 4.69) is 4.98 Å². The molecular formula is C13H15N3O2S3. The number of thiocarbonyl (C=S) groups is 1. The lowest BCUT2D eigenvalue weighted by molar-refractivity contribution is 0.468. The number of hydrogen-bond donors (Lipinski definition) is 1. The molecule has 0 atom stereocenters. The topological polar surface area (TPSA) is 76.3 Å². The van der Waals surface area contributed by atoms with Crippen LogP contribution in [0.25, 0.3) is 0 Å². The first-order chi connectivity index (χ1) is 9.84. The second kappa shape index (κ2) is 6.18. The molecule has 1 aromatic carbocycles. The smallest absolute Gasteiger partial charge is 0.243 e. The third-order valence-electron chi connectivity index (χ3n) is 3.05. The van der Waals surface area contributed by atoms with Gasteiger partial charge in [0, 0.05) is 24.0 Å². The molecule has 5 nitrogen and oxygen atoms in total. The highest BCUT2D eigenvalue weighted by Crippen LogP contribution is 2.22. The largest absolute Gasteiger partial charge is 0.389 e. The van der Waals surface area contributed by atoms with Gasteiger partial charge in [0.15, 0.2) is 0 Å². The number of sulfonamides is 1. The van der Waals surface area contributed by atoms with Gasteiger partial charge in [-0.1, -0.05) is 30.4 Å². The van der Waals surface area contributed by atoms with Crippen LogP contribution in [0.1, 0.15) is 16.1 Å². The summed E-state index contributed by atoms with van der Waals surface area (Å²) in [5.74, 6) is 0. The monoisotopic (exact) mass is 341 g/mol. The van der Waals surface area contributed by atoms with Crippen molar-refractivity contribution in [2.24, 2.45) is 5.73 Å². The molecule has 2 N–H and O–H groups in total. The summed E-state index contributed by atoms with van der Waals surface area (Å²) in [6.45, 7) is 2.12. The zero-order valence-corrected chi connectivity index (χ0v) is 14.1. The average molecular weight is 341 g/mol. The fourth-order valence-electron chi connectivity index (χ4n) is 1.83. The number of benzene rings is 1. The zero-order chi connectivity index (χ0) is 15.6. The van der Waals surface area contributed by atoms with Gasteiger partial charge in [-0.3, -0.25) is 0 Å². The van der Waals surface area contributed by atoms with Crippen LogP contribution >= 0.6 is 23.6 Å². The number of aromatic nitrogens is 1. The minimum atomic E-state index is -3.66. The molecule has 0 aliphatic rings. The molecule has 1 aromatic heterocycles. The first kappa shape index (κ1) is 16.0. The van der Waals surface area contributed by atoms with Gasteiger partial charge in [0.05, 0.1) is 16.1 Å². The summed E-state index contributed by atoms with van der Waals surface area (Å²) in [6.07, 6.45) is 0. The molecule has 112 valence electrons. The van der Waals surface area contributed by atoms with Crippen molar-refractivity contribution in [1.29, 1.82) is 0 Å². The molecule has 1 heterocycles. The summed E-state index contributed by atoms with van der Waals surface area (Å²) < 4.78 is 26.7. The molecule has 0 radical (unpaired) electrons. The van der Waals surface area contributed by atoms with E-state index in [-0.39, 0.29) is 16.4 Å². The molecule has 0 unspecified atom stereocenters. The number of thiazole rings is 1. The van der Waals surface area contributed by atoms with Crippen LogP contribution in [0.2, 0.25) is 0 Å². The number of nitrogens with two attached hydrogens (primary N) is 1. The maximum atomic E-state index is 12.7. The van der Waals surface area contributed by atoms with Crippen LogP contribution in [-0.4, -0.2) is 29.7 Å². The SMILES string of the molecule is Cc1ncsc1CN(C)S(=O)(=O)c1ccccc1C(N)=S. The van der Waals surface area contributed by atoms with Gasteiger partial charge in [0.1, 0.15) is 4.99 Å². The quantitative estimate of drug-likeness (QED) is 0.841. The summed E-state index contributed by atoms with van der Waals surface area (Å²) in [5, 5.41) is 0. The van der Waals surface area contributed by atoms with Crippen molar-refractivity contribution in [3.05, 3.63) is 45.9 Å². The Hall–Kier alpha value is -1.35. The molecule has 2 aromatic rings. The molecule has 21 heavy (non-hydrogen) atoms. The van der Waals surface area contributed by atoms with Crippen molar-refractivity contribution in [2.45, 2.75) is 18.4 Å². The van der Waals surface area contributed by atoms with Gasteiger partial charge in [-0.15, -0.1) is 11.3 Å². The van der Waals surface area contributed by atoms with Gasteiger partial charge >= 0.3 is 0 Å². The van der Waals surface area contributed by atoms with E-state index in [1.54, 1.807) is 23.7 Å². The second-order valence-corrected chi connectivity index (χ2v) is 7.87. The lowest BCUT2D eigenvalue weighted by Gasteiger charge is -2.18. The maximum absolute atomic E-state index is 12.7. The number of nitrogens with zero attached hydrogens (tertiary/aromatic N) is 2. The molecule has 0 saturated carbocycles.